The molecule has 0 bridgehead atoms. The zero-order valence-corrected chi connectivity index (χ0v) is 12.9. The standard InChI is InChI=1S/C19H24O/c1-13-7-14(2)9-18(8-13)12-19(20)11-17-6-5-15(3)16(4)10-17/h5-10,19-20H,11-12H2,1-4H3. The largest absolute Gasteiger partial charge is 0.392 e. The molecule has 2 aromatic rings. The first-order valence-electron chi connectivity index (χ1n) is 7.25. The van der Waals surface area contributed by atoms with Crippen molar-refractivity contribution in [1.82, 2.24) is 0 Å². The number of hydrogen-bond acceptors (Lipinski definition) is 1. The van der Waals surface area contributed by atoms with Crippen LogP contribution in [0.5, 0.6) is 0 Å². The van der Waals surface area contributed by atoms with Crippen LogP contribution in [0.2, 0.25) is 0 Å². The van der Waals surface area contributed by atoms with Crippen LogP contribution in [-0.4, -0.2) is 11.2 Å². The Morgan fingerprint density at radius 2 is 1.35 bits per heavy atom. The van der Waals surface area contributed by atoms with Crippen molar-refractivity contribution < 1.29 is 5.11 Å². The van der Waals surface area contributed by atoms with E-state index in [9.17, 15) is 5.11 Å². The van der Waals surface area contributed by atoms with Crippen molar-refractivity contribution in [3.63, 3.8) is 0 Å². The van der Waals surface area contributed by atoms with Crippen LogP contribution < -0.4 is 0 Å². The summed E-state index contributed by atoms with van der Waals surface area (Å²) >= 11 is 0. The summed E-state index contributed by atoms with van der Waals surface area (Å²) in [5.41, 5.74) is 7.55. The summed E-state index contributed by atoms with van der Waals surface area (Å²) in [7, 11) is 0. The van der Waals surface area contributed by atoms with Gasteiger partial charge in [0.15, 0.2) is 0 Å². The lowest BCUT2D eigenvalue weighted by molar-refractivity contribution is 0.175. The highest BCUT2D eigenvalue weighted by atomic mass is 16.3. The topological polar surface area (TPSA) is 20.2 Å². The normalized spacial score (nSPS) is 12.4. The Morgan fingerprint density at radius 3 is 1.95 bits per heavy atom. The van der Waals surface area contributed by atoms with Crippen molar-refractivity contribution in [3.05, 3.63) is 69.8 Å². The first-order chi connectivity index (χ1) is 9.44. The molecule has 0 fully saturated rings. The number of aliphatic hydroxyl groups is 1. The van der Waals surface area contributed by atoms with E-state index in [4.69, 9.17) is 0 Å². The van der Waals surface area contributed by atoms with Gasteiger partial charge in [0.25, 0.3) is 0 Å². The summed E-state index contributed by atoms with van der Waals surface area (Å²) < 4.78 is 0. The molecule has 106 valence electrons. The van der Waals surface area contributed by atoms with Gasteiger partial charge in [-0.15, -0.1) is 0 Å². The van der Waals surface area contributed by atoms with Crippen LogP contribution >= 0.6 is 0 Å². The lowest BCUT2D eigenvalue weighted by atomic mass is 9.97. The first kappa shape index (κ1) is 14.8. The highest BCUT2D eigenvalue weighted by molar-refractivity contribution is 5.31. The van der Waals surface area contributed by atoms with Crippen LogP contribution in [0.25, 0.3) is 0 Å². The monoisotopic (exact) mass is 268 g/mol. The molecular formula is C19H24O. The Balaban J connectivity index is 2.04. The van der Waals surface area contributed by atoms with Crippen molar-refractivity contribution in [2.75, 3.05) is 0 Å². The van der Waals surface area contributed by atoms with Gasteiger partial charge in [-0.25, -0.2) is 0 Å². The van der Waals surface area contributed by atoms with Crippen molar-refractivity contribution in [2.24, 2.45) is 0 Å². The minimum atomic E-state index is -0.321. The molecule has 1 nitrogen and oxygen atoms in total. The molecule has 0 aliphatic carbocycles. The molecule has 1 N–H and O–H groups in total. The Labute approximate surface area is 122 Å². The fraction of sp³-hybridized carbons (Fsp3) is 0.368. The molecule has 0 aliphatic rings. The second-order valence-corrected chi connectivity index (χ2v) is 5.98. The highest BCUT2D eigenvalue weighted by Gasteiger charge is 2.08. The van der Waals surface area contributed by atoms with Gasteiger partial charge >= 0.3 is 0 Å². The van der Waals surface area contributed by atoms with Gasteiger partial charge in [-0.05, 0) is 62.8 Å². The van der Waals surface area contributed by atoms with E-state index in [1.165, 1.54) is 33.4 Å². The van der Waals surface area contributed by atoms with Gasteiger partial charge in [-0.3, -0.25) is 0 Å². The summed E-state index contributed by atoms with van der Waals surface area (Å²) in [5, 5.41) is 10.3. The summed E-state index contributed by atoms with van der Waals surface area (Å²) in [4.78, 5) is 0. The molecule has 0 aliphatic heterocycles. The van der Waals surface area contributed by atoms with Gasteiger partial charge in [0.05, 0.1) is 6.10 Å². The fourth-order valence-electron chi connectivity index (χ4n) is 2.73. The third-order valence-corrected chi connectivity index (χ3v) is 3.80. The Bertz CT molecular complexity index is 578. The molecule has 1 unspecified atom stereocenters. The van der Waals surface area contributed by atoms with Gasteiger partial charge < -0.3 is 5.11 Å². The van der Waals surface area contributed by atoms with E-state index in [1.807, 2.05) is 0 Å². The number of aryl methyl sites for hydroxylation is 4. The average Bonchev–Trinajstić information content (AvgIpc) is 2.32. The first-order valence-corrected chi connectivity index (χ1v) is 7.25. The molecule has 2 rings (SSSR count). The molecule has 1 heteroatoms. The van der Waals surface area contributed by atoms with Gasteiger partial charge in [0.1, 0.15) is 0 Å². The van der Waals surface area contributed by atoms with Crippen molar-refractivity contribution >= 4 is 0 Å². The average molecular weight is 268 g/mol. The molecule has 0 spiro atoms. The van der Waals surface area contributed by atoms with Crippen LogP contribution in [0.1, 0.15) is 33.4 Å². The molecular weight excluding hydrogens is 244 g/mol. The smallest absolute Gasteiger partial charge is 0.0620 e. The van der Waals surface area contributed by atoms with Gasteiger partial charge in [0, 0.05) is 0 Å². The minimum Gasteiger partial charge on any atom is -0.392 e. The lowest BCUT2D eigenvalue weighted by Crippen LogP contribution is -2.14. The number of benzene rings is 2. The maximum absolute atomic E-state index is 10.3. The van der Waals surface area contributed by atoms with Crippen LogP contribution in [0.4, 0.5) is 0 Å². The number of aliphatic hydroxyl groups excluding tert-OH is 1. The highest BCUT2D eigenvalue weighted by Crippen LogP contribution is 2.15. The van der Waals surface area contributed by atoms with Crippen molar-refractivity contribution in [3.8, 4) is 0 Å². The molecule has 0 heterocycles. The summed E-state index contributed by atoms with van der Waals surface area (Å²) in [5.74, 6) is 0. The van der Waals surface area contributed by atoms with Crippen LogP contribution in [0.3, 0.4) is 0 Å². The third kappa shape index (κ3) is 3.94. The summed E-state index contributed by atoms with van der Waals surface area (Å²) in [6, 6.07) is 12.9. The third-order valence-electron chi connectivity index (χ3n) is 3.80. The van der Waals surface area contributed by atoms with Crippen molar-refractivity contribution in [1.29, 1.82) is 0 Å². The maximum atomic E-state index is 10.3. The minimum absolute atomic E-state index is 0.321. The summed E-state index contributed by atoms with van der Waals surface area (Å²) in [6.45, 7) is 8.44. The van der Waals surface area contributed by atoms with Crippen LogP contribution in [0.15, 0.2) is 36.4 Å². The fourth-order valence-corrected chi connectivity index (χ4v) is 2.73. The van der Waals surface area contributed by atoms with Gasteiger partial charge in [-0.1, -0.05) is 47.5 Å². The second kappa shape index (κ2) is 6.23. The van der Waals surface area contributed by atoms with Crippen LogP contribution in [-0.2, 0) is 12.8 Å². The van der Waals surface area contributed by atoms with E-state index in [2.05, 4.69) is 64.1 Å². The van der Waals surface area contributed by atoms with E-state index < -0.39 is 0 Å². The molecule has 0 aromatic heterocycles. The molecule has 0 radical (unpaired) electrons. The molecule has 0 amide bonds. The second-order valence-electron chi connectivity index (χ2n) is 5.98. The zero-order chi connectivity index (χ0) is 14.7. The summed E-state index contributed by atoms with van der Waals surface area (Å²) in [6.07, 6.45) is 1.11. The number of hydrogen-bond donors (Lipinski definition) is 1. The predicted octanol–water partition coefficient (Wildman–Crippen LogP) is 4.07. The van der Waals surface area contributed by atoms with E-state index in [0.29, 0.717) is 6.42 Å². The zero-order valence-electron chi connectivity index (χ0n) is 12.9. The van der Waals surface area contributed by atoms with E-state index in [1.54, 1.807) is 0 Å². The van der Waals surface area contributed by atoms with Crippen molar-refractivity contribution in [2.45, 2.75) is 46.6 Å². The lowest BCUT2D eigenvalue weighted by Gasteiger charge is -2.13. The molecule has 20 heavy (non-hydrogen) atoms. The van der Waals surface area contributed by atoms with E-state index >= 15 is 0 Å². The van der Waals surface area contributed by atoms with Crippen LogP contribution in [0, 0.1) is 27.7 Å². The van der Waals surface area contributed by atoms with E-state index in [-0.39, 0.29) is 6.10 Å². The quantitative estimate of drug-likeness (QED) is 0.886. The maximum Gasteiger partial charge on any atom is 0.0620 e. The SMILES string of the molecule is Cc1cc(C)cc(CC(O)Cc2ccc(C)c(C)c2)c1. The Kier molecular flexibility index (Phi) is 4.61. The van der Waals surface area contributed by atoms with E-state index in [0.717, 1.165) is 6.42 Å². The molecule has 0 saturated heterocycles. The molecule has 2 aromatic carbocycles. The van der Waals surface area contributed by atoms with Gasteiger partial charge in [0.2, 0.25) is 0 Å². The Morgan fingerprint density at radius 1 is 0.750 bits per heavy atom. The molecule has 0 saturated carbocycles. The van der Waals surface area contributed by atoms with Gasteiger partial charge in [-0.2, -0.15) is 0 Å². The number of rotatable bonds is 4. The molecule has 1 atom stereocenters. The predicted molar refractivity (Wildman–Crippen MR) is 85.2 cm³/mol. The Hall–Kier alpha value is -1.60.